The number of aromatic nitrogens is 4. The molecule has 0 bridgehead atoms. The predicted molar refractivity (Wildman–Crippen MR) is 138 cm³/mol. The Kier molecular flexibility index (Phi) is 8.75. The maximum atomic E-state index is 12.4. The average Bonchev–Trinajstić information content (AvgIpc) is 3.21. The maximum absolute atomic E-state index is 12.4. The SMILES string of the molecule is CC(C)(C)OC(=O)CC(Cn1nnc(-c2ccc(Oc3ccc(Cl)cc3)cc2)n1)NC(=O)OC(C)(C)C. The minimum Gasteiger partial charge on any atom is -0.460 e. The number of hydrogen-bond donors (Lipinski definition) is 1. The lowest BCUT2D eigenvalue weighted by Crippen LogP contribution is -2.43. The van der Waals surface area contributed by atoms with Gasteiger partial charge in [0, 0.05) is 10.6 Å². The van der Waals surface area contributed by atoms with Crippen molar-refractivity contribution in [1.29, 1.82) is 0 Å². The van der Waals surface area contributed by atoms with E-state index in [4.69, 9.17) is 25.8 Å². The molecule has 11 heteroatoms. The summed E-state index contributed by atoms with van der Waals surface area (Å²) in [5, 5.41) is 15.9. The molecular weight excluding hydrogens is 498 g/mol. The minimum atomic E-state index is -0.692. The highest BCUT2D eigenvalue weighted by molar-refractivity contribution is 6.30. The van der Waals surface area contributed by atoms with Gasteiger partial charge in [-0.1, -0.05) is 11.6 Å². The number of halogens is 1. The van der Waals surface area contributed by atoms with E-state index in [9.17, 15) is 9.59 Å². The van der Waals surface area contributed by atoms with Crippen LogP contribution >= 0.6 is 11.6 Å². The van der Waals surface area contributed by atoms with E-state index in [0.29, 0.717) is 22.3 Å². The first-order chi connectivity index (χ1) is 17.3. The van der Waals surface area contributed by atoms with Crippen LogP contribution in [0.3, 0.4) is 0 Å². The van der Waals surface area contributed by atoms with Crippen molar-refractivity contribution < 1.29 is 23.8 Å². The molecule has 1 N–H and O–H groups in total. The Hall–Kier alpha value is -3.66. The number of ether oxygens (including phenoxy) is 3. The van der Waals surface area contributed by atoms with Gasteiger partial charge in [0.05, 0.1) is 19.0 Å². The predicted octanol–water partition coefficient (Wildman–Crippen LogP) is 5.41. The van der Waals surface area contributed by atoms with Gasteiger partial charge in [-0.25, -0.2) is 4.79 Å². The molecule has 0 saturated heterocycles. The molecule has 1 atom stereocenters. The molecule has 2 aromatic carbocycles. The first kappa shape index (κ1) is 27.9. The fourth-order valence-corrected chi connectivity index (χ4v) is 3.29. The zero-order chi connectivity index (χ0) is 27.2. The van der Waals surface area contributed by atoms with Crippen molar-refractivity contribution in [2.24, 2.45) is 0 Å². The second-order valence-electron chi connectivity index (χ2n) is 10.4. The monoisotopic (exact) mass is 529 g/mol. The van der Waals surface area contributed by atoms with Crippen LogP contribution in [0.2, 0.25) is 5.02 Å². The maximum Gasteiger partial charge on any atom is 0.407 e. The number of rotatable bonds is 8. The normalized spacial score (nSPS) is 12.5. The molecule has 1 unspecified atom stereocenters. The van der Waals surface area contributed by atoms with Crippen molar-refractivity contribution in [3.05, 3.63) is 53.6 Å². The molecule has 1 aromatic heterocycles. The van der Waals surface area contributed by atoms with Gasteiger partial charge in [0.25, 0.3) is 0 Å². The Morgan fingerprint density at radius 3 is 2.05 bits per heavy atom. The Morgan fingerprint density at radius 1 is 0.919 bits per heavy atom. The molecule has 0 aliphatic heterocycles. The summed E-state index contributed by atoms with van der Waals surface area (Å²) >= 11 is 5.91. The molecule has 0 aliphatic carbocycles. The van der Waals surface area contributed by atoms with Crippen molar-refractivity contribution in [2.45, 2.75) is 71.8 Å². The number of esters is 1. The molecule has 37 heavy (non-hydrogen) atoms. The Bertz CT molecular complexity index is 1170. The van der Waals surface area contributed by atoms with Crippen LogP contribution in [0.1, 0.15) is 48.0 Å². The van der Waals surface area contributed by atoms with E-state index in [1.807, 2.05) is 12.1 Å². The molecule has 0 aliphatic rings. The molecule has 3 aromatic rings. The first-order valence-electron chi connectivity index (χ1n) is 11.8. The number of carbonyl (C=O) groups is 2. The van der Waals surface area contributed by atoms with Crippen LogP contribution in [0, 0.1) is 0 Å². The standard InChI is InChI=1S/C26H32ClN5O5/c1-25(2,3)36-22(33)15-19(28-24(34)37-26(4,5)6)16-32-30-23(29-31-32)17-7-11-20(12-8-17)35-21-13-9-18(27)10-14-21/h7-14,19H,15-16H2,1-6H3,(H,28,34). The second-order valence-corrected chi connectivity index (χ2v) is 10.8. The number of tetrazole rings is 1. The number of nitrogens with one attached hydrogen (secondary N) is 1. The van der Waals surface area contributed by atoms with Crippen LogP contribution in [-0.2, 0) is 20.8 Å². The summed E-state index contributed by atoms with van der Waals surface area (Å²) in [6.45, 7) is 10.7. The number of nitrogens with zero attached hydrogens (tertiary/aromatic N) is 4. The van der Waals surface area contributed by atoms with E-state index in [0.717, 1.165) is 5.56 Å². The Balaban J connectivity index is 1.68. The summed E-state index contributed by atoms with van der Waals surface area (Å²) < 4.78 is 16.6. The van der Waals surface area contributed by atoms with E-state index in [-0.39, 0.29) is 13.0 Å². The highest BCUT2D eigenvalue weighted by Gasteiger charge is 2.25. The summed E-state index contributed by atoms with van der Waals surface area (Å²) in [5.41, 5.74) is -0.628. The van der Waals surface area contributed by atoms with Crippen molar-refractivity contribution in [1.82, 2.24) is 25.5 Å². The largest absolute Gasteiger partial charge is 0.460 e. The summed E-state index contributed by atoms with van der Waals surface area (Å²) in [7, 11) is 0. The second kappa shape index (κ2) is 11.6. The van der Waals surface area contributed by atoms with E-state index in [1.54, 1.807) is 77.9 Å². The summed E-state index contributed by atoms with van der Waals surface area (Å²) in [6.07, 6.45) is -0.748. The minimum absolute atomic E-state index is 0.0866. The summed E-state index contributed by atoms with van der Waals surface area (Å²) in [4.78, 5) is 26.1. The van der Waals surface area contributed by atoms with Gasteiger partial charge >= 0.3 is 12.1 Å². The van der Waals surface area contributed by atoms with Crippen molar-refractivity contribution in [3.8, 4) is 22.9 Å². The fourth-order valence-electron chi connectivity index (χ4n) is 3.16. The van der Waals surface area contributed by atoms with E-state index < -0.39 is 29.3 Å². The van der Waals surface area contributed by atoms with Gasteiger partial charge in [-0.05, 0) is 95.3 Å². The number of alkyl carbamates (subject to hydrolysis) is 1. The molecule has 1 amide bonds. The molecule has 198 valence electrons. The van der Waals surface area contributed by atoms with Crippen LogP contribution in [-0.4, -0.2) is 49.5 Å². The van der Waals surface area contributed by atoms with Crippen LogP contribution < -0.4 is 10.1 Å². The van der Waals surface area contributed by atoms with E-state index in [2.05, 4.69) is 20.7 Å². The summed E-state index contributed by atoms with van der Waals surface area (Å²) in [5.74, 6) is 1.21. The van der Waals surface area contributed by atoms with Crippen molar-refractivity contribution >= 4 is 23.7 Å². The van der Waals surface area contributed by atoms with Crippen LogP contribution in [0.5, 0.6) is 11.5 Å². The van der Waals surface area contributed by atoms with Gasteiger partial charge in [-0.2, -0.15) is 4.80 Å². The van der Waals surface area contributed by atoms with E-state index >= 15 is 0 Å². The van der Waals surface area contributed by atoms with Gasteiger partial charge < -0.3 is 19.5 Å². The zero-order valence-corrected chi connectivity index (χ0v) is 22.6. The third kappa shape index (κ3) is 9.72. The van der Waals surface area contributed by atoms with Gasteiger partial charge in [0.15, 0.2) is 0 Å². The van der Waals surface area contributed by atoms with Gasteiger partial charge in [-0.3, -0.25) is 4.79 Å². The number of benzene rings is 2. The smallest absolute Gasteiger partial charge is 0.407 e. The van der Waals surface area contributed by atoms with Gasteiger partial charge in [0.1, 0.15) is 22.7 Å². The highest BCUT2D eigenvalue weighted by Crippen LogP contribution is 2.25. The molecule has 10 nitrogen and oxygen atoms in total. The van der Waals surface area contributed by atoms with E-state index in [1.165, 1.54) is 4.80 Å². The van der Waals surface area contributed by atoms with Crippen molar-refractivity contribution in [3.63, 3.8) is 0 Å². The lowest BCUT2D eigenvalue weighted by molar-refractivity contribution is -0.155. The zero-order valence-electron chi connectivity index (χ0n) is 21.8. The third-order valence-electron chi connectivity index (χ3n) is 4.55. The quantitative estimate of drug-likeness (QED) is 0.385. The Labute approximate surface area is 221 Å². The average molecular weight is 530 g/mol. The fraction of sp³-hybridized carbons (Fsp3) is 0.423. The molecule has 0 spiro atoms. The lowest BCUT2D eigenvalue weighted by Gasteiger charge is -2.24. The number of hydrogen-bond acceptors (Lipinski definition) is 8. The van der Waals surface area contributed by atoms with Crippen LogP contribution in [0.4, 0.5) is 4.79 Å². The van der Waals surface area contributed by atoms with Crippen LogP contribution in [0.25, 0.3) is 11.4 Å². The Morgan fingerprint density at radius 2 is 1.49 bits per heavy atom. The first-order valence-corrected chi connectivity index (χ1v) is 12.2. The molecular formula is C26H32ClN5O5. The van der Waals surface area contributed by atoms with Crippen LogP contribution in [0.15, 0.2) is 48.5 Å². The molecule has 1 heterocycles. The summed E-state index contributed by atoms with van der Waals surface area (Å²) in [6, 6.07) is 13.6. The molecule has 0 fully saturated rings. The molecule has 0 saturated carbocycles. The topological polar surface area (TPSA) is 117 Å². The van der Waals surface area contributed by atoms with Gasteiger partial charge in [0.2, 0.25) is 5.82 Å². The lowest BCUT2D eigenvalue weighted by atomic mass is 10.1. The highest BCUT2D eigenvalue weighted by atomic mass is 35.5. The third-order valence-corrected chi connectivity index (χ3v) is 4.80. The van der Waals surface area contributed by atoms with Crippen molar-refractivity contribution in [2.75, 3.05) is 0 Å². The number of carbonyl (C=O) groups excluding carboxylic acids is 2. The molecule has 3 rings (SSSR count). The van der Waals surface area contributed by atoms with Gasteiger partial charge in [-0.15, -0.1) is 10.2 Å². The molecule has 0 radical (unpaired) electrons. The number of amides is 1.